The molecule has 1 nitrogen and oxygen atoms in total. The molecule has 0 amide bonds. The van der Waals surface area contributed by atoms with Crippen LogP contribution >= 0.6 is 15.9 Å². The second kappa shape index (κ2) is 4.15. The van der Waals surface area contributed by atoms with Gasteiger partial charge in [0.25, 0.3) is 5.92 Å². The average molecular weight is 251 g/mol. The molecule has 1 aromatic rings. The summed E-state index contributed by atoms with van der Waals surface area (Å²) in [5.74, 6) is -2.92. The molecule has 0 unspecified atom stereocenters. The quantitative estimate of drug-likeness (QED) is 0.801. The molecule has 1 rings (SSSR count). The second-order valence-corrected chi connectivity index (χ2v) is 3.56. The van der Waals surface area contributed by atoms with Gasteiger partial charge in [0.15, 0.2) is 0 Å². The summed E-state index contributed by atoms with van der Waals surface area (Å²) in [6, 6.07) is 6.04. The molecular weight excluding hydrogens is 242 g/mol. The molecular formula is C9H9BrF2O. The number of halogens is 3. The van der Waals surface area contributed by atoms with Gasteiger partial charge in [0.05, 0.1) is 0 Å². The van der Waals surface area contributed by atoms with Crippen LogP contribution in [0.1, 0.15) is 5.56 Å². The number of hydrogen-bond acceptors (Lipinski definition) is 1. The Balaban J connectivity index is 2.93. The fourth-order valence-electron chi connectivity index (χ4n) is 0.981. The first kappa shape index (κ1) is 10.6. The van der Waals surface area contributed by atoms with Gasteiger partial charge in [0.2, 0.25) is 0 Å². The second-order valence-electron chi connectivity index (χ2n) is 2.65. The zero-order chi connectivity index (χ0) is 9.90. The number of benzene rings is 1. The minimum absolute atomic E-state index is 0.0382. The highest BCUT2D eigenvalue weighted by Gasteiger charge is 2.31. The summed E-state index contributed by atoms with van der Waals surface area (Å²) in [6.45, 7) is -0.594. The van der Waals surface area contributed by atoms with E-state index >= 15 is 0 Å². The molecule has 0 bridgehead atoms. The van der Waals surface area contributed by atoms with E-state index in [9.17, 15) is 8.78 Å². The van der Waals surface area contributed by atoms with Crippen molar-refractivity contribution < 1.29 is 13.5 Å². The summed E-state index contributed by atoms with van der Waals surface area (Å²) >= 11 is 3.13. The zero-order valence-electron chi connectivity index (χ0n) is 7.06. The first-order valence-electron chi connectivity index (χ1n) is 3.69. The van der Waals surface area contributed by atoms with Gasteiger partial charge >= 0.3 is 0 Å². The van der Waals surface area contributed by atoms with Crippen molar-refractivity contribution in [1.82, 2.24) is 0 Å². The van der Waals surface area contributed by atoms with Crippen LogP contribution in [0, 0.1) is 0 Å². The third kappa shape index (κ3) is 2.74. The molecule has 0 atom stereocenters. The maximum Gasteiger partial charge on any atom is 0.296 e. The summed E-state index contributed by atoms with van der Waals surface area (Å²) < 4.78 is 31.5. The molecule has 0 aliphatic rings. The van der Waals surface area contributed by atoms with Crippen LogP contribution in [0.25, 0.3) is 0 Å². The maximum atomic E-state index is 13.2. The molecule has 4 heteroatoms. The molecule has 0 saturated carbocycles. The Morgan fingerprint density at radius 3 is 2.69 bits per heavy atom. The smallest absolute Gasteiger partial charge is 0.296 e. The third-order valence-electron chi connectivity index (χ3n) is 1.57. The molecule has 0 spiro atoms. The van der Waals surface area contributed by atoms with E-state index in [1.165, 1.54) is 19.2 Å². The Morgan fingerprint density at radius 1 is 1.46 bits per heavy atom. The van der Waals surface area contributed by atoms with Gasteiger partial charge in [0, 0.05) is 17.1 Å². The van der Waals surface area contributed by atoms with Crippen LogP contribution in [0.2, 0.25) is 0 Å². The summed E-state index contributed by atoms with van der Waals surface area (Å²) in [5.41, 5.74) is -0.0382. The van der Waals surface area contributed by atoms with E-state index in [1.54, 1.807) is 12.1 Å². The van der Waals surface area contributed by atoms with Crippen LogP contribution in [0.15, 0.2) is 28.7 Å². The van der Waals surface area contributed by atoms with Gasteiger partial charge < -0.3 is 4.74 Å². The Hall–Kier alpha value is -0.480. The molecule has 0 aliphatic heterocycles. The van der Waals surface area contributed by atoms with Gasteiger partial charge in [0.1, 0.15) is 6.61 Å². The standard InChI is InChI=1S/C9H9BrF2O/c1-13-6-9(11,12)7-3-2-4-8(10)5-7/h2-5H,6H2,1H3. The van der Waals surface area contributed by atoms with Gasteiger partial charge in [-0.15, -0.1) is 0 Å². The Kier molecular flexibility index (Phi) is 3.39. The van der Waals surface area contributed by atoms with E-state index < -0.39 is 12.5 Å². The van der Waals surface area contributed by atoms with Crippen molar-refractivity contribution in [1.29, 1.82) is 0 Å². The largest absolute Gasteiger partial charge is 0.378 e. The molecule has 13 heavy (non-hydrogen) atoms. The van der Waals surface area contributed by atoms with E-state index in [1.807, 2.05) is 0 Å². The van der Waals surface area contributed by atoms with E-state index in [0.29, 0.717) is 4.47 Å². The van der Waals surface area contributed by atoms with Crippen molar-refractivity contribution in [3.05, 3.63) is 34.3 Å². The molecule has 72 valence electrons. The number of methoxy groups -OCH3 is 1. The number of alkyl halides is 2. The predicted octanol–water partition coefficient (Wildman–Crippen LogP) is 3.19. The molecule has 0 fully saturated rings. The maximum absolute atomic E-state index is 13.2. The van der Waals surface area contributed by atoms with E-state index in [0.717, 1.165) is 0 Å². The zero-order valence-corrected chi connectivity index (χ0v) is 8.64. The predicted molar refractivity (Wildman–Crippen MR) is 49.9 cm³/mol. The monoisotopic (exact) mass is 250 g/mol. The lowest BCUT2D eigenvalue weighted by molar-refractivity contribution is -0.0698. The summed E-state index contributed by atoms with van der Waals surface area (Å²) in [5, 5.41) is 0. The van der Waals surface area contributed by atoms with Crippen molar-refractivity contribution in [3.63, 3.8) is 0 Å². The highest BCUT2D eigenvalue weighted by molar-refractivity contribution is 9.10. The van der Waals surface area contributed by atoms with Crippen LogP contribution in [0.5, 0.6) is 0 Å². The van der Waals surface area contributed by atoms with Crippen LogP contribution in [0.3, 0.4) is 0 Å². The molecule has 0 radical (unpaired) electrons. The fourth-order valence-corrected chi connectivity index (χ4v) is 1.38. The average Bonchev–Trinajstić information content (AvgIpc) is 2.04. The topological polar surface area (TPSA) is 9.23 Å². The van der Waals surface area contributed by atoms with Crippen LogP contribution in [-0.4, -0.2) is 13.7 Å². The summed E-state index contributed by atoms with van der Waals surface area (Å²) in [7, 11) is 1.26. The third-order valence-corrected chi connectivity index (χ3v) is 2.07. The number of hydrogen-bond donors (Lipinski definition) is 0. The van der Waals surface area contributed by atoms with Gasteiger partial charge in [-0.1, -0.05) is 28.1 Å². The van der Waals surface area contributed by atoms with Crippen molar-refractivity contribution in [2.24, 2.45) is 0 Å². The number of ether oxygens (including phenoxy) is 1. The Morgan fingerprint density at radius 2 is 2.15 bits per heavy atom. The number of rotatable bonds is 3. The van der Waals surface area contributed by atoms with Crippen LogP contribution in [0.4, 0.5) is 8.78 Å². The van der Waals surface area contributed by atoms with Gasteiger partial charge in [-0.05, 0) is 12.1 Å². The minimum atomic E-state index is -2.92. The molecule has 0 heterocycles. The highest BCUT2D eigenvalue weighted by Crippen LogP contribution is 2.29. The van der Waals surface area contributed by atoms with E-state index in [-0.39, 0.29) is 5.56 Å². The lowest BCUT2D eigenvalue weighted by atomic mass is 10.1. The van der Waals surface area contributed by atoms with Crippen molar-refractivity contribution >= 4 is 15.9 Å². The fraction of sp³-hybridized carbons (Fsp3) is 0.333. The van der Waals surface area contributed by atoms with Gasteiger partial charge in [-0.2, -0.15) is 8.78 Å². The Bertz CT molecular complexity index is 289. The lowest BCUT2D eigenvalue weighted by Gasteiger charge is -2.15. The van der Waals surface area contributed by atoms with E-state index in [2.05, 4.69) is 20.7 Å². The van der Waals surface area contributed by atoms with E-state index in [4.69, 9.17) is 0 Å². The first-order chi connectivity index (χ1) is 6.06. The first-order valence-corrected chi connectivity index (χ1v) is 4.48. The van der Waals surface area contributed by atoms with Gasteiger partial charge in [-0.25, -0.2) is 0 Å². The summed E-state index contributed by atoms with van der Waals surface area (Å²) in [4.78, 5) is 0. The van der Waals surface area contributed by atoms with Crippen molar-refractivity contribution in [2.75, 3.05) is 13.7 Å². The minimum Gasteiger partial charge on any atom is -0.378 e. The van der Waals surface area contributed by atoms with Crippen LogP contribution < -0.4 is 0 Å². The molecule has 0 aromatic heterocycles. The van der Waals surface area contributed by atoms with Gasteiger partial charge in [-0.3, -0.25) is 0 Å². The van der Waals surface area contributed by atoms with Crippen molar-refractivity contribution in [3.8, 4) is 0 Å². The molecule has 0 N–H and O–H groups in total. The van der Waals surface area contributed by atoms with Crippen LogP contribution in [-0.2, 0) is 10.7 Å². The lowest BCUT2D eigenvalue weighted by Crippen LogP contribution is -2.19. The molecule has 0 aliphatic carbocycles. The molecule has 1 aromatic carbocycles. The molecule has 0 saturated heterocycles. The summed E-state index contributed by atoms with van der Waals surface area (Å²) in [6.07, 6.45) is 0. The Labute approximate surface area is 83.8 Å². The highest BCUT2D eigenvalue weighted by atomic mass is 79.9. The normalized spacial score (nSPS) is 11.7. The SMILES string of the molecule is COCC(F)(F)c1cccc(Br)c1. The van der Waals surface area contributed by atoms with Crippen molar-refractivity contribution in [2.45, 2.75) is 5.92 Å².